The third-order valence-electron chi connectivity index (χ3n) is 4.04. The average Bonchev–Trinajstić information content (AvgIpc) is 3.07. The van der Waals surface area contributed by atoms with E-state index in [0.717, 1.165) is 5.69 Å². The predicted molar refractivity (Wildman–Crippen MR) is 104 cm³/mol. The number of nitro benzene ring substituents is 1. The molecule has 1 aromatic heterocycles. The number of rotatable bonds is 6. The highest BCUT2D eigenvalue weighted by molar-refractivity contribution is 7.13. The standard InChI is InChI=1S/C17H21N5O4S/c1-20(2)10-13-11-27-17(18-13)19-16(23)12-3-4-14(15(9-12)22(24)25)21-5-7-26-8-6-21/h3-4,9,11H,5-8,10H2,1-2H3,(H,18,19,23). The normalized spacial score (nSPS) is 14.4. The number of nitro groups is 1. The molecule has 0 unspecified atom stereocenters. The topological polar surface area (TPSA) is 101 Å². The Balaban J connectivity index is 1.77. The van der Waals surface area contributed by atoms with Gasteiger partial charge in [0.2, 0.25) is 0 Å². The van der Waals surface area contributed by atoms with Crippen LogP contribution in [0.25, 0.3) is 0 Å². The highest BCUT2D eigenvalue weighted by atomic mass is 32.1. The Labute approximate surface area is 160 Å². The Kier molecular flexibility index (Phi) is 5.99. The molecule has 1 N–H and O–H groups in total. The molecule has 0 atom stereocenters. The van der Waals surface area contributed by atoms with Gasteiger partial charge in [0.05, 0.1) is 23.8 Å². The molecule has 27 heavy (non-hydrogen) atoms. The van der Waals surface area contributed by atoms with Gasteiger partial charge in [-0.15, -0.1) is 11.3 Å². The molecule has 1 aliphatic rings. The molecular weight excluding hydrogens is 370 g/mol. The van der Waals surface area contributed by atoms with Crippen molar-refractivity contribution in [3.05, 3.63) is 45.0 Å². The van der Waals surface area contributed by atoms with E-state index in [1.165, 1.54) is 17.4 Å². The summed E-state index contributed by atoms with van der Waals surface area (Å²) in [5.41, 5.74) is 1.50. The molecule has 1 aliphatic heterocycles. The Hall–Kier alpha value is -2.56. The zero-order chi connectivity index (χ0) is 19.4. The summed E-state index contributed by atoms with van der Waals surface area (Å²) in [5.74, 6) is -0.419. The lowest BCUT2D eigenvalue weighted by molar-refractivity contribution is -0.384. The van der Waals surface area contributed by atoms with E-state index in [4.69, 9.17) is 4.74 Å². The highest BCUT2D eigenvalue weighted by Crippen LogP contribution is 2.30. The lowest BCUT2D eigenvalue weighted by atomic mass is 10.1. The second kappa shape index (κ2) is 8.42. The van der Waals surface area contributed by atoms with Crippen molar-refractivity contribution >= 4 is 33.8 Å². The molecule has 0 radical (unpaired) electrons. The van der Waals surface area contributed by atoms with Crippen LogP contribution in [-0.2, 0) is 11.3 Å². The number of nitrogens with zero attached hydrogens (tertiary/aromatic N) is 4. The fourth-order valence-corrected chi connectivity index (χ4v) is 3.51. The molecule has 0 spiro atoms. The van der Waals surface area contributed by atoms with Crippen LogP contribution in [0.5, 0.6) is 0 Å². The van der Waals surface area contributed by atoms with Gasteiger partial charge in [-0.25, -0.2) is 4.98 Å². The summed E-state index contributed by atoms with van der Waals surface area (Å²) in [6.07, 6.45) is 0. The van der Waals surface area contributed by atoms with Crippen molar-refractivity contribution in [2.45, 2.75) is 6.54 Å². The third-order valence-corrected chi connectivity index (χ3v) is 4.84. The molecule has 1 amide bonds. The first-order valence-corrected chi connectivity index (χ1v) is 9.33. The van der Waals surface area contributed by atoms with Crippen molar-refractivity contribution in [3.8, 4) is 0 Å². The highest BCUT2D eigenvalue weighted by Gasteiger charge is 2.23. The minimum Gasteiger partial charge on any atom is -0.378 e. The maximum absolute atomic E-state index is 12.5. The maximum Gasteiger partial charge on any atom is 0.293 e. The Morgan fingerprint density at radius 1 is 1.41 bits per heavy atom. The molecule has 2 aromatic rings. The summed E-state index contributed by atoms with van der Waals surface area (Å²) < 4.78 is 5.29. The van der Waals surface area contributed by atoms with Crippen LogP contribution in [0.2, 0.25) is 0 Å². The van der Waals surface area contributed by atoms with E-state index in [1.807, 2.05) is 29.3 Å². The molecule has 3 rings (SSSR count). The maximum atomic E-state index is 12.5. The largest absolute Gasteiger partial charge is 0.378 e. The fraction of sp³-hybridized carbons (Fsp3) is 0.412. The summed E-state index contributed by atoms with van der Waals surface area (Å²) in [5, 5.41) is 16.6. The van der Waals surface area contributed by atoms with Gasteiger partial charge >= 0.3 is 0 Å². The van der Waals surface area contributed by atoms with E-state index in [2.05, 4.69) is 10.3 Å². The number of nitrogens with one attached hydrogen (secondary N) is 1. The molecule has 1 fully saturated rings. The van der Waals surface area contributed by atoms with Crippen LogP contribution >= 0.6 is 11.3 Å². The number of ether oxygens (including phenoxy) is 1. The molecule has 0 aliphatic carbocycles. The first kappa shape index (κ1) is 19.2. The first-order valence-electron chi connectivity index (χ1n) is 8.45. The van der Waals surface area contributed by atoms with Crippen molar-refractivity contribution in [1.82, 2.24) is 9.88 Å². The molecular formula is C17H21N5O4S. The van der Waals surface area contributed by atoms with E-state index in [0.29, 0.717) is 43.7 Å². The van der Waals surface area contributed by atoms with E-state index >= 15 is 0 Å². The quantitative estimate of drug-likeness (QED) is 0.595. The molecule has 144 valence electrons. The number of carbonyl (C=O) groups is 1. The monoisotopic (exact) mass is 391 g/mol. The number of hydrogen-bond acceptors (Lipinski definition) is 8. The van der Waals surface area contributed by atoms with Gasteiger partial charge in [0.25, 0.3) is 11.6 Å². The molecule has 1 aromatic carbocycles. The van der Waals surface area contributed by atoms with Crippen LogP contribution in [0.3, 0.4) is 0 Å². The van der Waals surface area contributed by atoms with Gasteiger partial charge < -0.3 is 14.5 Å². The Morgan fingerprint density at radius 3 is 2.81 bits per heavy atom. The second-order valence-corrected chi connectivity index (χ2v) is 7.25. The number of hydrogen-bond donors (Lipinski definition) is 1. The van der Waals surface area contributed by atoms with Crippen LogP contribution < -0.4 is 10.2 Å². The zero-order valence-electron chi connectivity index (χ0n) is 15.2. The van der Waals surface area contributed by atoms with Gasteiger partial charge in [-0.1, -0.05) is 0 Å². The van der Waals surface area contributed by atoms with E-state index < -0.39 is 10.8 Å². The summed E-state index contributed by atoms with van der Waals surface area (Å²) in [4.78, 5) is 31.8. The number of thiazole rings is 1. The Bertz CT molecular complexity index is 832. The van der Waals surface area contributed by atoms with Crippen LogP contribution in [0, 0.1) is 10.1 Å². The Morgan fingerprint density at radius 2 is 2.15 bits per heavy atom. The summed E-state index contributed by atoms with van der Waals surface area (Å²) in [6.45, 7) is 2.89. The molecule has 9 nitrogen and oxygen atoms in total. The second-order valence-electron chi connectivity index (χ2n) is 6.40. The zero-order valence-corrected chi connectivity index (χ0v) is 16.0. The van der Waals surface area contributed by atoms with Gasteiger partial charge in [-0.3, -0.25) is 20.2 Å². The average molecular weight is 391 g/mol. The van der Waals surface area contributed by atoms with E-state index in [-0.39, 0.29) is 11.3 Å². The molecule has 0 bridgehead atoms. The minimum absolute atomic E-state index is 0.0861. The molecule has 0 saturated carbocycles. The van der Waals surface area contributed by atoms with Crippen molar-refractivity contribution in [1.29, 1.82) is 0 Å². The SMILES string of the molecule is CN(C)Cc1csc(NC(=O)c2ccc(N3CCOCC3)c([N+](=O)[O-])c2)n1. The molecule has 10 heteroatoms. The number of benzene rings is 1. The van der Waals surface area contributed by atoms with Gasteiger partial charge in [0.1, 0.15) is 5.69 Å². The van der Waals surface area contributed by atoms with Crippen LogP contribution in [0.4, 0.5) is 16.5 Å². The van der Waals surface area contributed by atoms with E-state index in [9.17, 15) is 14.9 Å². The van der Waals surface area contributed by atoms with Crippen LogP contribution in [-0.4, -0.2) is 61.1 Å². The third kappa shape index (κ3) is 4.79. The number of morpholine rings is 1. The van der Waals surface area contributed by atoms with Crippen LogP contribution in [0.1, 0.15) is 16.1 Å². The van der Waals surface area contributed by atoms with Gasteiger partial charge in [-0.2, -0.15) is 0 Å². The van der Waals surface area contributed by atoms with Crippen molar-refractivity contribution in [2.24, 2.45) is 0 Å². The number of aromatic nitrogens is 1. The summed E-state index contributed by atoms with van der Waals surface area (Å²) in [6, 6.07) is 4.54. The van der Waals surface area contributed by atoms with E-state index in [1.54, 1.807) is 12.1 Å². The van der Waals surface area contributed by atoms with Crippen molar-refractivity contribution in [3.63, 3.8) is 0 Å². The predicted octanol–water partition coefficient (Wildman–Crippen LogP) is 2.20. The number of carbonyl (C=O) groups excluding carboxylic acids is 1. The summed E-state index contributed by atoms with van der Waals surface area (Å²) >= 11 is 1.33. The van der Waals surface area contributed by atoms with Gasteiger partial charge in [-0.05, 0) is 26.2 Å². The van der Waals surface area contributed by atoms with Crippen molar-refractivity contribution in [2.75, 3.05) is 50.6 Å². The lowest BCUT2D eigenvalue weighted by Crippen LogP contribution is -2.36. The smallest absolute Gasteiger partial charge is 0.293 e. The van der Waals surface area contributed by atoms with Gasteiger partial charge in [0.15, 0.2) is 5.13 Å². The van der Waals surface area contributed by atoms with Gasteiger partial charge in [0, 0.05) is 36.6 Å². The number of anilines is 2. The molecule has 2 heterocycles. The molecule has 1 saturated heterocycles. The summed E-state index contributed by atoms with van der Waals surface area (Å²) in [7, 11) is 3.87. The fourth-order valence-electron chi connectivity index (χ4n) is 2.81. The van der Waals surface area contributed by atoms with Crippen LogP contribution in [0.15, 0.2) is 23.6 Å². The number of amides is 1. The van der Waals surface area contributed by atoms with Crippen molar-refractivity contribution < 1.29 is 14.5 Å². The lowest BCUT2D eigenvalue weighted by Gasteiger charge is -2.28. The minimum atomic E-state index is -0.458. The first-order chi connectivity index (χ1) is 12.9.